The van der Waals surface area contributed by atoms with E-state index in [9.17, 15) is 9.90 Å². The fraction of sp³-hybridized carbons (Fsp3) is 0.382. The molecule has 1 N–H and O–H groups in total. The van der Waals surface area contributed by atoms with Crippen molar-refractivity contribution in [3.05, 3.63) is 89.0 Å². The number of fused-ring (bicyclic) bond motifs is 5. The number of halogens is 1. The molecule has 0 saturated heterocycles. The molecule has 5 nitrogen and oxygen atoms in total. The minimum absolute atomic E-state index is 0.203. The van der Waals surface area contributed by atoms with E-state index in [1.165, 1.54) is 0 Å². The first-order valence-corrected chi connectivity index (χ1v) is 14.5. The van der Waals surface area contributed by atoms with Gasteiger partial charge in [0.2, 0.25) is 0 Å². The van der Waals surface area contributed by atoms with Crippen LogP contribution in [0.3, 0.4) is 0 Å². The number of alkyl halides is 1. The SMILES string of the molecule is CC(C)N1CCn2c(c([C@@H]3CCCC[C@H]3F)c3ccc(C(=O)O)cc32)-c2ccc(OCc3ccccc3)cc2C1. The van der Waals surface area contributed by atoms with Crippen molar-refractivity contribution >= 4 is 16.9 Å². The zero-order valence-electron chi connectivity index (χ0n) is 23.3. The largest absolute Gasteiger partial charge is 0.489 e. The van der Waals surface area contributed by atoms with E-state index in [1.54, 1.807) is 12.1 Å². The van der Waals surface area contributed by atoms with E-state index in [-0.39, 0.29) is 11.5 Å². The highest BCUT2D eigenvalue weighted by molar-refractivity contribution is 5.98. The Labute approximate surface area is 235 Å². The number of rotatable bonds is 6. The second kappa shape index (κ2) is 11.1. The maximum absolute atomic E-state index is 15.6. The van der Waals surface area contributed by atoms with Gasteiger partial charge in [-0.15, -0.1) is 0 Å². The molecule has 4 aromatic rings. The Morgan fingerprint density at radius 2 is 1.82 bits per heavy atom. The van der Waals surface area contributed by atoms with Crippen LogP contribution in [0.1, 0.15) is 72.5 Å². The number of aromatic nitrogens is 1. The Morgan fingerprint density at radius 3 is 2.58 bits per heavy atom. The van der Waals surface area contributed by atoms with E-state index in [1.807, 2.05) is 30.3 Å². The van der Waals surface area contributed by atoms with Crippen LogP contribution in [-0.4, -0.2) is 39.3 Å². The first-order chi connectivity index (χ1) is 19.4. The van der Waals surface area contributed by atoms with Crippen molar-refractivity contribution in [3.63, 3.8) is 0 Å². The molecule has 0 spiro atoms. The fourth-order valence-corrected chi connectivity index (χ4v) is 6.55. The second-order valence-electron chi connectivity index (χ2n) is 11.5. The molecule has 2 aliphatic rings. The monoisotopic (exact) mass is 540 g/mol. The van der Waals surface area contributed by atoms with Crippen LogP contribution in [-0.2, 0) is 19.7 Å². The number of hydrogen-bond donors (Lipinski definition) is 1. The second-order valence-corrected chi connectivity index (χ2v) is 11.5. The van der Waals surface area contributed by atoms with E-state index in [0.29, 0.717) is 25.6 Å². The minimum atomic E-state index is -0.949. The number of benzene rings is 3. The average Bonchev–Trinajstić information content (AvgIpc) is 3.26. The molecule has 0 unspecified atom stereocenters. The number of nitrogens with zero attached hydrogens (tertiary/aromatic N) is 2. The Kier molecular flexibility index (Phi) is 7.37. The molecule has 1 fully saturated rings. The topological polar surface area (TPSA) is 54.7 Å². The van der Waals surface area contributed by atoms with Gasteiger partial charge < -0.3 is 14.4 Å². The summed E-state index contributed by atoms with van der Waals surface area (Å²) in [6.45, 7) is 7.18. The van der Waals surface area contributed by atoms with Gasteiger partial charge in [-0.25, -0.2) is 9.18 Å². The lowest BCUT2D eigenvalue weighted by Gasteiger charge is -2.32. The smallest absolute Gasteiger partial charge is 0.335 e. The molecule has 3 aromatic carbocycles. The van der Waals surface area contributed by atoms with Gasteiger partial charge in [-0.1, -0.05) is 49.2 Å². The summed E-state index contributed by atoms with van der Waals surface area (Å²) < 4.78 is 24.1. The van der Waals surface area contributed by atoms with Crippen molar-refractivity contribution in [2.75, 3.05) is 6.54 Å². The number of aromatic carboxylic acids is 1. The Morgan fingerprint density at radius 1 is 1.02 bits per heavy atom. The van der Waals surface area contributed by atoms with Gasteiger partial charge in [0.1, 0.15) is 18.5 Å². The van der Waals surface area contributed by atoms with Crippen molar-refractivity contribution < 1.29 is 19.0 Å². The third-order valence-corrected chi connectivity index (χ3v) is 8.70. The van der Waals surface area contributed by atoms with Gasteiger partial charge in [-0.05, 0) is 73.7 Å². The minimum Gasteiger partial charge on any atom is -0.489 e. The van der Waals surface area contributed by atoms with Crippen LogP contribution < -0.4 is 4.74 Å². The van der Waals surface area contributed by atoms with Crippen LogP contribution in [0.5, 0.6) is 5.75 Å². The highest BCUT2D eigenvalue weighted by Crippen LogP contribution is 2.47. The summed E-state index contributed by atoms with van der Waals surface area (Å²) >= 11 is 0. The van der Waals surface area contributed by atoms with Gasteiger partial charge in [0.15, 0.2) is 0 Å². The van der Waals surface area contributed by atoms with Crippen LogP contribution in [0.25, 0.3) is 22.2 Å². The summed E-state index contributed by atoms with van der Waals surface area (Å²) in [7, 11) is 0. The van der Waals surface area contributed by atoms with Crippen molar-refractivity contribution in [1.82, 2.24) is 9.47 Å². The lowest BCUT2D eigenvalue weighted by molar-refractivity contribution is 0.0697. The summed E-state index contributed by atoms with van der Waals surface area (Å²) in [6, 6.07) is 22.1. The van der Waals surface area contributed by atoms with Crippen LogP contribution >= 0.6 is 0 Å². The summed E-state index contributed by atoms with van der Waals surface area (Å²) in [5, 5.41) is 10.8. The van der Waals surface area contributed by atoms with Gasteiger partial charge in [0.05, 0.1) is 11.3 Å². The molecule has 1 saturated carbocycles. The zero-order valence-corrected chi connectivity index (χ0v) is 23.3. The van der Waals surface area contributed by atoms with Crippen molar-refractivity contribution in [2.45, 2.75) is 77.4 Å². The van der Waals surface area contributed by atoms with Gasteiger partial charge in [0, 0.05) is 48.1 Å². The first kappa shape index (κ1) is 26.6. The number of hydrogen-bond acceptors (Lipinski definition) is 3. The van der Waals surface area contributed by atoms with E-state index in [4.69, 9.17) is 4.74 Å². The highest BCUT2D eigenvalue weighted by Gasteiger charge is 2.34. The summed E-state index contributed by atoms with van der Waals surface area (Å²) in [6.07, 6.45) is 2.39. The quantitative estimate of drug-likeness (QED) is 0.271. The third-order valence-electron chi connectivity index (χ3n) is 8.70. The van der Waals surface area contributed by atoms with Gasteiger partial charge in [0.25, 0.3) is 0 Å². The fourth-order valence-electron chi connectivity index (χ4n) is 6.55. The van der Waals surface area contributed by atoms with E-state index < -0.39 is 12.1 Å². The highest BCUT2D eigenvalue weighted by atomic mass is 19.1. The van der Waals surface area contributed by atoms with E-state index in [2.05, 4.69) is 47.6 Å². The average molecular weight is 541 g/mol. The van der Waals surface area contributed by atoms with E-state index >= 15 is 4.39 Å². The molecule has 2 heterocycles. The third kappa shape index (κ3) is 5.01. The molecule has 1 aromatic heterocycles. The van der Waals surface area contributed by atoms with Crippen LogP contribution in [0.15, 0.2) is 66.7 Å². The van der Waals surface area contributed by atoms with Crippen LogP contribution in [0.2, 0.25) is 0 Å². The van der Waals surface area contributed by atoms with Crippen molar-refractivity contribution in [2.24, 2.45) is 0 Å². The number of carbonyl (C=O) groups is 1. The molecule has 208 valence electrons. The Bertz CT molecular complexity index is 1530. The molecule has 6 heteroatoms. The lowest BCUT2D eigenvalue weighted by atomic mass is 9.80. The summed E-state index contributed by atoms with van der Waals surface area (Å²) in [5.41, 5.74) is 6.56. The molecule has 2 atom stereocenters. The number of carboxylic acid groups (broad SMARTS) is 1. The maximum Gasteiger partial charge on any atom is 0.335 e. The Hall–Kier alpha value is -3.64. The molecular formula is C34H37FN2O3. The van der Waals surface area contributed by atoms with Crippen LogP contribution in [0, 0.1) is 0 Å². The molecule has 40 heavy (non-hydrogen) atoms. The first-order valence-electron chi connectivity index (χ1n) is 14.5. The maximum atomic E-state index is 15.6. The van der Waals surface area contributed by atoms with Gasteiger partial charge in [-0.2, -0.15) is 0 Å². The van der Waals surface area contributed by atoms with Crippen molar-refractivity contribution in [3.8, 4) is 17.0 Å². The number of carboxylic acids is 1. The Balaban J connectivity index is 1.53. The standard InChI is InChI=1S/C34H37FN2O3/c1-22(2)36-16-17-37-31-19-24(34(38)39)12-14-29(31)32(28-10-6-7-11-30(28)35)33(37)27-15-13-26(18-25(27)20-36)40-21-23-8-4-3-5-9-23/h3-5,8-9,12-15,18-19,22,28,30H,6-7,10-11,16-17,20-21H2,1-2H3,(H,38,39)/t28-,30-/m1/s1. The molecule has 6 rings (SSSR count). The molecule has 1 aliphatic carbocycles. The molecule has 0 bridgehead atoms. The normalized spacial score (nSPS) is 19.6. The molecule has 1 aliphatic heterocycles. The van der Waals surface area contributed by atoms with E-state index in [0.717, 1.165) is 77.0 Å². The summed E-state index contributed by atoms with van der Waals surface area (Å²) in [4.78, 5) is 14.4. The predicted molar refractivity (Wildman–Crippen MR) is 157 cm³/mol. The molecule has 0 radical (unpaired) electrons. The zero-order chi connectivity index (χ0) is 27.8. The van der Waals surface area contributed by atoms with Crippen LogP contribution in [0.4, 0.5) is 4.39 Å². The van der Waals surface area contributed by atoms with Crippen molar-refractivity contribution in [1.29, 1.82) is 0 Å². The lowest BCUT2D eigenvalue weighted by Crippen LogP contribution is -2.35. The molecule has 0 amide bonds. The number of ether oxygens (including phenoxy) is 1. The van der Waals surface area contributed by atoms with Gasteiger partial charge in [-0.3, -0.25) is 4.90 Å². The van der Waals surface area contributed by atoms with Gasteiger partial charge >= 0.3 is 5.97 Å². The summed E-state index contributed by atoms with van der Waals surface area (Å²) in [5.74, 6) is -0.341. The molecular weight excluding hydrogens is 503 g/mol. The predicted octanol–water partition coefficient (Wildman–Crippen LogP) is 7.81.